The van der Waals surface area contributed by atoms with E-state index < -0.39 is 5.97 Å². The van der Waals surface area contributed by atoms with Gasteiger partial charge in [0.05, 0.1) is 5.56 Å². The SMILES string of the molecule is O=C(O)c1cc(I)cc(I)c1Br. The van der Waals surface area contributed by atoms with Crippen molar-refractivity contribution in [3.05, 3.63) is 29.3 Å². The highest BCUT2D eigenvalue weighted by Gasteiger charge is 2.11. The summed E-state index contributed by atoms with van der Waals surface area (Å²) in [6, 6.07) is 3.55. The molecule has 12 heavy (non-hydrogen) atoms. The molecule has 0 bridgehead atoms. The highest BCUT2D eigenvalue weighted by Crippen LogP contribution is 2.25. The molecule has 1 N–H and O–H groups in total. The molecule has 0 aliphatic carbocycles. The minimum Gasteiger partial charge on any atom is -0.478 e. The Morgan fingerprint density at radius 2 is 2.00 bits per heavy atom. The Labute approximate surface area is 105 Å². The quantitative estimate of drug-likeness (QED) is 0.524. The Hall–Kier alpha value is 0.630. The molecule has 0 saturated heterocycles. The van der Waals surface area contributed by atoms with Crippen molar-refractivity contribution < 1.29 is 9.90 Å². The lowest BCUT2D eigenvalue weighted by atomic mass is 10.2. The van der Waals surface area contributed by atoms with Crippen LogP contribution in [0.1, 0.15) is 10.4 Å². The summed E-state index contributed by atoms with van der Waals surface area (Å²) >= 11 is 7.41. The molecule has 1 rings (SSSR count). The predicted octanol–water partition coefficient (Wildman–Crippen LogP) is 3.36. The largest absolute Gasteiger partial charge is 0.478 e. The van der Waals surface area contributed by atoms with Gasteiger partial charge in [-0.2, -0.15) is 0 Å². The van der Waals surface area contributed by atoms with E-state index in [4.69, 9.17) is 5.11 Å². The molecular formula is C7H3BrI2O2. The van der Waals surface area contributed by atoms with Gasteiger partial charge in [-0.05, 0) is 73.2 Å². The summed E-state index contributed by atoms with van der Waals surface area (Å²) in [5, 5.41) is 8.78. The summed E-state index contributed by atoms with van der Waals surface area (Å²) in [4.78, 5) is 10.7. The van der Waals surface area contributed by atoms with Crippen LogP contribution in [0.15, 0.2) is 16.6 Å². The first-order valence-electron chi connectivity index (χ1n) is 2.90. The summed E-state index contributed by atoms with van der Waals surface area (Å²) in [6.45, 7) is 0. The monoisotopic (exact) mass is 452 g/mol. The standard InChI is InChI=1S/C7H3BrI2O2/c8-6-4(7(11)12)1-3(9)2-5(6)10/h1-2H,(H,11,12). The van der Waals surface area contributed by atoms with Crippen LogP contribution in [-0.4, -0.2) is 11.1 Å². The molecule has 0 heterocycles. The molecule has 0 atom stereocenters. The van der Waals surface area contributed by atoms with Gasteiger partial charge in [0, 0.05) is 11.6 Å². The fraction of sp³-hybridized carbons (Fsp3) is 0. The van der Waals surface area contributed by atoms with E-state index in [1.807, 2.05) is 6.07 Å². The van der Waals surface area contributed by atoms with Crippen LogP contribution in [0.25, 0.3) is 0 Å². The zero-order valence-electron chi connectivity index (χ0n) is 5.64. The minimum atomic E-state index is -0.904. The second kappa shape index (κ2) is 4.23. The zero-order valence-corrected chi connectivity index (χ0v) is 11.5. The van der Waals surface area contributed by atoms with Crippen LogP contribution in [0, 0.1) is 7.14 Å². The molecule has 1 aromatic rings. The third-order valence-corrected chi connectivity index (χ3v) is 4.29. The van der Waals surface area contributed by atoms with Gasteiger partial charge in [-0.15, -0.1) is 0 Å². The van der Waals surface area contributed by atoms with E-state index in [9.17, 15) is 4.79 Å². The number of aromatic carboxylic acids is 1. The zero-order chi connectivity index (χ0) is 9.30. The van der Waals surface area contributed by atoms with Crippen LogP contribution in [0.2, 0.25) is 0 Å². The van der Waals surface area contributed by atoms with Crippen molar-refractivity contribution in [3.63, 3.8) is 0 Å². The van der Waals surface area contributed by atoms with E-state index in [2.05, 4.69) is 61.1 Å². The third kappa shape index (κ3) is 2.32. The number of hydrogen-bond donors (Lipinski definition) is 1. The number of hydrogen-bond acceptors (Lipinski definition) is 1. The van der Waals surface area contributed by atoms with E-state index in [0.29, 0.717) is 10.0 Å². The lowest BCUT2D eigenvalue weighted by Crippen LogP contribution is -1.99. The molecule has 0 spiro atoms. The first-order valence-corrected chi connectivity index (χ1v) is 5.85. The Morgan fingerprint density at radius 1 is 1.42 bits per heavy atom. The van der Waals surface area contributed by atoms with Crippen LogP contribution in [0.3, 0.4) is 0 Å². The van der Waals surface area contributed by atoms with Gasteiger partial charge in [0.1, 0.15) is 0 Å². The molecular weight excluding hydrogens is 450 g/mol. The molecule has 0 aliphatic rings. The average Bonchev–Trinajstić information content (AvgIpc) is 1.96. The second-order valence-electron chi connectivity index (χ2n) is 2.05. The van der Waals surface area contributed by atoms with Crippen molar-refractivity contribution in [3.8, 4) is 0 Å². The van der Waals surface area contributed by atoms with Crippen molar-refractivity contribution in [1.29, 1.82) is 0 Å². The molecule has 0 radical (unpaired) electrons. The van der Waals surface area contributed by atoms with Gasteiger partial charge in [0.2, 0.25) is 0 Å². The maximum atomic E-state index is 10.7. The van der Waals surface area contributed by atoms with Crippen LogP contribution < -0.4 is 0 Å². The van der Waals surface area contributed by atoms with E-state index in [1.54, 1.807) is 6.07 Å². The summed E-state index contributed by atoms with van der Waals surface area (Å²) in [5.41, 5.74) is 0.311. The van der Waals surface area contributed by atoms with Crippen LogP contribution in [0.5, 0.6) is 0 Å². The number of carboxylic acid groups (broad SMARTS) is 1. The molecule has 0 unspecified atom stereocenters. The number of halogens is 3. The Kier molecular flexibility index (Phi) is 3.77. The molecule has 64 valence electrons. The molecule has 0 saturated carbocycles. The summed E-state index contributed by atoms with van der Waals surface area (Å²) < 4.78 is 2.49. The van der Waals surface area contributed by atoms with Crippen molar-refractivity contribution >= 4 is 67.1 Å². The van der Waals surface area contributed by atoms with Gasteiger partial charge < -0.3 is 5.11 Å². The minimum absolute atomic E-state index is 0.311. The summed E-state index contributed by atoms with van der Waals surface area (Å²) in [7, 11) is 0. The van der Waals surface area contributed by atoms with Gasteiger partial charge in [0.25, 0.3) is 0 Å². The predicted molar refractivity (Wildman–Crippen MR) is 66.5 cm³/mol. The second-order valence-corrected chi connectivity index (χ2v) is 5.26. The lowest BCUT2D eigenvalue weighted by molar-refractivity contribution is 0.0695. The number of carbonyl (C=O) groups is 1. The lowest BCUT2D eigenvalue weighted by Gasteiger charge is -2.02. The van der Waals surface area contributed by atoms with Gasteiger partial charge in [-0.25, -0.2) is 4.79 Å². The normalized spacial score (nSPS) is 9.92. The molecule has 0 fully saturated rings. The highest BCUT2D eigenvalue weighted by molar-refractivity contribution is 14.1. The molecule has 5 heteroatoms. The number of benzene rings is 1. The molecule has 0 aliphatic heterocycles. The third-order valence-electron chi connectivity index (χ3n) is 1.22. The first-order chi connectivity index (χ1) is 5.52. The highest BCUT2D eigenvalue weighted by atomic mass is 127. The Morgan fingerprint density at radius 3 is 2.50 bits per heavy atom. The topological polar surface area (TPSA) is 37.3 Å². The Bertz CT molecular complexity index is 338. The van der Waals surface area contributed by atoms with Crippen LogP contribution >= 0.6 is 61.1 Å². The number of rotatable bonds is 1. The van der Waals surface area contributed by atoms with Crippen LogP contribution in [-0.2, 0) is 0 Å². The Balaban J connectivity index is 3.37. The van der Waals surface area contributed by atoms with Crippen LogP contribution in [0.4, 0.5) is 0 Å². The molecule has 1 aromatic carbocycles. The van der Waals surface area contributed by atoms with Gasteiger partial charge in [0.15, 0.2) is 0 Å². The first kappa shape index (κ1) is 10.7. The van der Waals surface area contributed by atoms with Gasteiger partial charge in [-0.1, -0.05) is 0 Å². The van der Waals surface area contributed by atoms with Gasteiger partial charge >= 0.3 is 5.97 Å². The van der Waals surface area contributed by atoms with Gasteiger partial charge in [-0.3, -0.25) is 0 Å². The fourth-order valence-electron chi connectivity index (χ4n) is 0.712. The molecule has 2 nitrogen and oxygen atoms in total. The molecule has 0 amide bonds. The molecule has 0 aromatic heterocycles. The number of carboxylic acids is 1. The maximum Gasteiger partial charge on any atom is 0.336 e. The summed E-state index contributed by atoms with van der Waals surface area (Å²) in [5.74, 6) is -0.904. The average molecular weight is 453 g/mol. The van der Waals surface area contributed by atoms with Crippen molar-refractivity contribution in [1.82, 2.24) is 0 Å². The van der Waals surface area contributed by atoms with Crippen molar-refractivity contribution in [2.24, 2.45) is 0 Å². The van der Waals surface area contributed by atoms with Crippen molar-refractivity contribution in [2.45, 2.75) is 0 Å². The smallest absolute Gasteiger partial charge is 0.336 e. The van der Waals surface area contributed by atoms with Crippen molar-refractivity contribution in [2.75, 3.05) is 0 Å². The maximum absolute atomic E-state index is 10.7. The van der Waals surface area contributed by atoms with E-state index in [0.717, 1.165) is 7.14 Å². The van der Waals surface area contributed by atoms with E-state index in [1.165, 1.54) is 0 Å². The van der Waals surface area contributed by atoms with E-state index >= 15 is 0 Å². The summed E-state index contributed by atoms with van der Waals surface area (Å²) in [6.07, 6.45) is 0. The van der Waals surface area contributed by atoms with E-state index in [-0.39, 0.29) is 0 Å². The fourth-order valence-corrected chi connectivity index (χ4v) is 2.95.